The average molecular weight is 379 g/mol. The first-order valence-electron chi connectivity index (χ1n) is 9.57. The average Bonchev–Trinajstić information content (AvgIpc) is 2.74. The molecule has 0 aliphatic rings. The largest absolute Gasteiger partial charge is 0.463 e. The number of esters is 1. The van der Waals surface area contributed by atoms with Crippen LogP contribution in [0.4, 0.5) is 0 Å². The molecule has 3 aromatic rings. The van der Waals surface area contributed by atoms with E-state index >= 15 is 0 Å². The number of hydrogen-bond acceptors (Lipinski definition) is 5. The van der Waals surface area contributed by atoms with Crippen LogP contribution in [0.3, 0.4) is 0 Å². The number of rotatable bonds is 8. The van der Waals surface area contributed by atoms with Gasteiger partial charge in [0.2, 0.25) is 0 Å². The molecule has 3 rings (SSSR count). The van der Waals surface area contributed by atoms with Crippen molar-refractivity contribution in [2.24, 2.45) is 0 Å². The number of carbonyl (C=O) groups excluding carboxylic acids is 1. The predicted octanol–water partition coefficient (Wildman–Crippen LogP) is 2.95. The first-order chi connectivity index (χ1) is 13.6. The zero-order valence-electron chi connectivity index (χ0n) is 16.3. The van der Waals surface area contributed by atoms with Crippen LogP contribution in [-0.2, 0) is 16.1 Å². The number of ether oxygens (including phenoxy) is 1. The maximum atomic E-state index is 13.0. The summed E-state index contributed by atoms with van der Waals surface area (Å²) in [4.78, 5) is 32.3. The number of likely N-dealkylation sites (N-methyl/N-ethyl adjacent to an activating group) is 1. The molecular weight excluding hydrogens is 354 g/mol. The summed E-state index contributed by atoms with van der Waals surface area (Å²) in [6, 6.07) is 16.6. The molecule has 0 fully saturated rings. The summed E-state index contributed by atoms with van der Waals surface area (Å²) in [5.74, 6) is 0.0218. The van der Waals surface area contributed by atoms with Gasteiger partial charge in [0.05, 0.1) is 10.9 Å². The van der Waals surface area contributed by atoms with Crippen molar-refractivity contribution < 1.29 is 9.53 Å². The molecule has 0 N–H and O–H groups in total. The highest BCUT2D eigenvalue weighted by Crippen LogP contribution is 2.18. The first-order valence-corrected chi connectivity index (χ1v) is 9.57. The summed E-state index contributed by atoms with van der Waals surface area (Å²) in [6.45, 7) is 6.75. The molecule has 1 heterocycles. The van der Waals surface area contributed by atoms with Gasteiger partial charge in [-0.25, -0.2) is 4.98 Å². The van der Waals surface area contributed by atoms with E-state index in [1.807, 2.05) is 36.4 Å². The van der Waals surface area contributed by atoms with Crippen molar-refractivity contribution in [3.63, 3.8) is 0 Å². The molecule has 0 bridgehead atoms. The number of carbonyl (C=O) groups is 1. The Bertz CT molecular complexity index is 995. The SMILES string of the molecule is CCN(CC)CCOC(=O)Cn1c(-c2ccccc2)nc2ccccc2c1=O. The predicted molar refractivity (Wildman–Crippen MR) is 110 cm³/mol. The van der Waals surface area contributed by atoms with Crippen LogP contribution in [0.2, 0.25) is 0 Å². The number of benzene rings is 2. The Morgan fingerprint density at radius 3 is 2.43 bits per heavy atom. The third kappa shape index (κ3) is 4.46. The van der Waals surface area contributed by atoms with Gasteiger partial charge in [-0.2, -0.15) is 0 Å². The summed E-state index contributed by atoms with van der Waals surface area (Å²) in [5.41, 5.74) is 1.14. The van der Waals surface area contributed by atoms with Crippen LogP contribution in [0.15, 0.2) is 59.4 Å². The number of aromatic nitrogens is 2. The minimum Gasteiger partial charge on any atom is -0.463 e. The van der Waals surface area contributed by atoms with Crippen LogP contribution in [0, 0.1) is 0 Å². The summed E-state index contributed by atoms with van der Waals surface area (Å²) in [7, 11) is 0. The summed E-state index contributed by atoms with van der Waals surface area (Å²) >= 11 is 0. The van der Waals surface area contributed by atoms with E-state index in [9.17, 15) is 9.59 Å². The Balaban J connectivity index is 1.90. The van der Waals surface area contributed by atoms with E-state index in [1.54, 1.807) is 18.2 Å². The van der Waals surface area contributed by atoms with Gasteiger partial charge in [0.15, 0.2) is 0 Å². The first kappa shape index (κ1) is 19.8. The van der Waals surface area contributed by atoms with Crippen molar-refractivity contribution in [2.45, 2.75) is 20.4 Å². The minimum atomic E-state index is -0.441. The van der Waals surface area contributed by atoms with Gasteiger partial charge in [-0.15, -0.1) is 0 Å². The van der Waals surface area contributed by atoms with Crippen molar-refractivity contribution in [3.8, 4) is 11.4 Å². The molecular formula is C22H25N3O3. The maximum absolute atomic E-state index is 13.0. The molecule has 0 radical (unpaired) electrons. The highest BCUT2D eigenvalue weighted by atomic mass is 16.5. The van der Waals surface area contributed by atoms with E-state index in [0.29, 0.717) is 29.9 Å². The molecule has 28 heavy (non-hydrogen) atoms. The number of hydrogen-bond donors (Lipinski definition) is 0. The summed E-state index contributed by atoms with van der Waals surface area (Å²) in [5, 5.41) is 0.484. The molecule has 6 heteroatoms. The maximum Gasteiger partial charge on any atom is 0.326 e. The highest BCUT2D eigenvalue weighted by Gasteiger charge is 2.16. The monoisotopic (exact) mass is 379 g/mol. The van der Waals surface area contributed by atoms with Gasteiger partial charge in [0, 0.05) is 12.1 Å². The van der Waals surface area contributed by atoms with Gasteiger partial charge in [-0.1, -0.05) is 56.3 Å². The molecule has 1 aromatic heterocycles. The van der Waals surface area contributed by atoms with Crippen molar-refractivity contribution >= 4 is 16.9 Å². The highest BCUT2D eigenvalue weighted by molar-refractivity contribution is 5.80. The molecule has 146 valence electrons. The molecule has 0 spiro atoms. The Hall–Kier alpha value is -2.99. The van der Waals surface area contributed by atoms with Crippen molar-refractivity contribution in [2.75, 3.05) is 26.2 Å². The fraction of sp³-hybridized carbons (Fsp3) is 0.318. The molecule has 6 nitrogen and oxygen atoms in total. The van der Waals surface area contributed by atoms with Crippen molar-refractivity contribution in [3.05, 3.63) is 65.0 Å². The Labute approximate surface area is 164 Å². The van der Waals surface area contributed by atoms with Gasteiger partial charge < -0.3 is 9.64 Å². The lowest BCUT2D eigenvalue weighted by Crippen LogP contribution is -2.31. The van der Waals surface area contributed by atoms with Crippen molar-refractivity contribution in [1.29, 1.82) is 0 Å². The summed E-state index contributed by atoms with van der Waals surface area (Å²) < 4.78 is 6.77. The second kappa shape index (κ2) is 9.28. The second-order valence-electron chi connectivity index (χ2n) is 6.46. The lowest BCUT2D eigenvalue weighted by Gasteiger charge is -2.18. The molecule has 0 aliphatic heterocycles. The third-order valence-electron chi connectivity index (χ3n) is 4.75. The van der Waals surface area contributed by atoms with Gasteiger partial charge in [-0.3, -0.25) is 14.2 Å². The molecule has 0 saturated heterocycles. The van der Waals surface area contributed by atoms with Gasteiger partial charge in [0.25, 0.3) is 5.56 Å². The lowest BCUT2D eigenvalue weighted by atomic mass is 10.2. The van der Waals surface area contributed by atoms with Gasteiger partial charge in [0.1, 0.15) is 19.0 Å². The fourth-order valence-corrected chi connectivity index (χ4v) is 3.13. The minimum absolute atomic E-state index is 0.168. The number of nitrogens with zero attached hydrogens (tertiary/aromatic N) is 3. The Morgan fingerprint density at radius 1 is 1.04 bits per heavy atom. The van der Waals surface area contributed by atoms with Crippen LogP contribution in [-0.4, -0.2) is 46.7 Å². The van der Waals surface area contributed by atoms with E-state index in [0.717, 1.165) is 18.7 Å². The number of para-hydroxylation sites is 1. The van der Waals surface area contributed by atoms with Crippen LogP contribution in [0.25, 0.3) is 22.3 Å². The number of fused-ring (bicyclic) bond motifs is 1. The second-order valence-corrected chi connectivity index (χ2v) is 6.46. The fourth-order valence-electron chi connectivity index (χ4n) is 3.13. The molecule has 0 unspecified atom stereocenters. The quantitative estimate of drug-likeness (QED) is 0.563. The van der Waals surface area contributed by atoms with Crippen molar-refractivity contribution in [1.82, 2.24) is 14.5 Å². The smallest absolute Gasteiger partial charge is 0.326 e. The van der Waals surface area contributed by atoms with Gasteiger partial charge >= 0.3 is 5.97 Å². The molecule has 0 saturated carbocycles. The van der Waals surface area contributed by atoms with E-state index < -0.39 is 5.97 Å². The zero-order valence-corrected chi connectivity index (χ0v) is 16.3. The molecule has 2 aromatic carbocycles. The molecule has 0 atom stereocenters. The molecule has 0 aliphatic carbocycles. The van der Waals surface area contributed by atoms with Crippen LogP contribution in [0.5, 0.6) is 0 Å². The Morgan fingerprint density at radius 2 is 1.71 bits per heavy atom. The third-order valence-corrected chi connectivity index (χ3v) is 4.75. The lowest BCUT2D eigenvalue weighted by molar-refractivity contribution is -0.144. The normalized spacial score (nSPS) is 11.1. The molecule has 0 amide bonds. The summed E-state index contributed by atoms with van der Waals surface area (Å²) in [6.07, 6.45) is 0. The topological polar surface area (TPSA) is 64.4 Å². The van der Waals surface area contributed by atoms with E-state index in [4.69, 9.17) is 4.74 Å². The van der Waals surface area contributed by atoms with Crippen LogP contribution < -0.4 is 5.56 Å². The van der Waals surface area contributed by atoms with E-state index in [-0.39, 0.29) is 12.1 Å². The standard InChI is InChI=1S/C22H25N3O3/c1-3-24(4-2)14-15-28-20(26)16-25-21(17-10-6-5-7-11-17)23-19-13-9-8-12-18(19)22(25)27/h5-13H,3-4,14-16H2,1-2H3. The zero-order chi connectivity index (χ0) is 19.9. The Kier molecular flexibility index (Phi) is 6.55. The van der Waals surface area contributed by atoms with Crippen LogP contribution >= 0.6 is 0 Å². The van der Waals surface area contributed by atoms with Crippen LogP contribution in [0.1, 0.15) is 13.8 Å². The van der Waals surface area contributed by atoms with Gasteiger partial charge in [-0.05, 0) is 25.2 Å². The van der Waals surface area contributed by atoms with E-state index in [2.05, 4.69) is 23.7 Å². The van der Waals surface area contributed by atoms with E-state index in [1.165, 1.54) is 4.57 Å².